The zero-order valence-corrected chi connectivity index (χ0v) is 21.7. The van der Waals surface area contributed by atoms with E-state index in [1.165, 1.54) is 25.4 Å². The van der Waals surface area contributed by atoms with E-state index in [4.69, 9.17) is 4.74 Å². The smallest absolute Gasteiger partial charge is 0.264 e. The Kier molecular flexibility index (Phi) is 7.95. The highest BCUT2D eigenvalue weighted by molar-refractivity contribution is 7.90. The Hall–Kier alpha value is -3.26. The summed E-state index contributed by atoms with van der Waals surface area (Å²) < 4.78 is 48.2. The van der Waals surface area contributed by atoms with Crippen LogP contribution in [0.5, 0.6) is 5.88 Å². The summed E-state index contributed by atoms with van der Waals surface area (Å²) >= 11 is 0. The number of hydrogen-bond donors (Lipinski definition) is 1. The first-order valence-electron chi connectivity index (χ1n) is 11.4. The molecule has 0 unspecified atom stereocenters. The molecule has 186 valence electrons. The number of nitrogens with zero attached hydrogens (tertiary/aromatic N) is 1. The number of rotatable bonds is 8. The lowest BCUT2D eigenvalue weighted by atomic mass is 9.88. The maximum absolute atomic E-state index is 14.6. The summed E-state index contributed by atoms with van der Waals surface area (Å²) in [5, 5.41) is 0. The van der Waals surface area contributed by atoms with E-state index in [-0.39, 0.29) is 23.2 Å². The van der Waals surface area contributed by atoms with Crippen molar-refractivity contribution in [1.29, 1.82) is 0 Å². The number of nitrogens with one attached hydrogen (secondary N) is 1. The maximum Gasteiger partial charge on any atom is 0.264 e. The molecule has 3 rings (SSSR count). The minimum atomic E-state index is -4.10. The fourth-order valence-electron chi connectivity index (χ4n) is 3.98. The van der Waals surface area contributed by atoms with Gasteiger partial charge in [-0.15, -0.1) is 0 Å². The van der Waals surface area contributed by atoms with E-state index < -0.39 is 21.7 Å². The van der Waals surface area contributed by atoms with E-state index in [1.54, 1.807) is 31.2 Å². The molecule has 0 aliphatic rings. The number of amides is 1. The molecule has 0 saturated heterocycles. The summed E-state index contributed by atoms with van der Waals surface area (Å²) in [6.07, 6.45) is 1.29. The van der Waals surface area contributed by atoms with Crippen LogP contribution in [0, 0.1) is 12.7 Å². The van der Waals surface area contributed by atoms with Crippen molar-refractivity contribution in [2.24, 2.45) is 0 Å². The summed E-state index contributed by atoms with van der Waals surface area (Å²) in [5.74, 6) is -0.769. The van der Waals surface area contributed by atoms with Gasteiger partial charge in [-0.3, -0.25) is 4.79 Å². The standard InChI is InChI=1S/C27H31FN2O4S/c1-16(2)19-8-7-18(5)25(11-19)35(32,33)30-26(31)15-24-22(17(3)4)13-21(28)14-23(24)20-9-10-29-27(12-20)34-6/h7-14,16-17H,15H2,1-6H3,(H,30,31). The van der Waals surface area contributed by atoms with Crippen molar-refractivity contribution >= 4 is 15.9 Å². The van der Waals surface area contributed by atoms with Crippen LogP contribution in [0.25, 0.3) is 11.1 Å². The van der Waals surface area contributed by atoms with Crippen LogP contribution in [0.1, 0.15) is 61.8 Å². The molecule has 0 aliphatic heterocycles. The van der Waals surface area contributed by atoms with Crippen LogP contribution in [0.3, 0.4) is 0 Å². The Morgan fingerprint density at radius 1 is 1.06 bits per heavy atom. The molecular weight excluding hydrogens is 467 g/mol. The molecule has 0 aliphatic carbocycles. The number of methoxy groups -OCH3 is 1. The minimum absolute atomic E-state index is 0.0688. The van der Waals surface area contributed by atoms with Crippen LogP contribution in [0.4, 0.5) is 4.39 Å². The summed E-state index contributed by atoms with van der Waals surface area (Å²) in [6.45, 7) is 9.42. The molecule has 1 N–H and O–H groups in total. The third kappa shape index (κ3) is 6.06. The summed E-state index contributed by atoms with van der Waals surface area (Å²) in [6, 6.07) is 11.3. The largest absolute Gasteiger partial charge is 0.481 e. The first-order chi connectivity index (χ1) is 16.4. The number of aryl methyl sites for hydroxylation is 1. The molecule has 0 bridgehead atoms. The highest BCUT2D eigenvalue weighted by atomic mass is 32.2. The van der Waals surface area contributed by atoms with Crippen LogP contribution in [0.15, 0.2) is 53.6 Å². The number of sulfonamides is 1. The van der Waals surface area contributed by atoms with Crippen molar-refractivity contribution in [2.75, 3.05) is 7.11 Å². The number of benzene rings is 2. The lowest BCUT2D eigenvalue weighted by molar-refractivity contribution is -0.118. The fraction of sp³-hybridized carbons (Fsp3) is 0.333. The number of hydrogen-bond acceptors (Lipinski definition) is 5. The second-order valence-corrected chi connectivity index (χ2v) is 10.8. The van der Waals surface area contributed by atoms with E-state index in [1.807, 2.05) is 33.8 Å². The Morgan fingerprint density at radius 2 is 1.77 bits per heavy atom. The molecule has 35 heavy (non-hydrogen) atoms. The first-order valence-corrected chi connectivity index (χ1v) is 12.9. The van der Waals surface area contributed by atoms with E-state index in [2.05, 4.69) is 9.71 Å². The molecule has 0 spiro atoms. The molecule has 3 aromatic rings. The van der Waals surface area contributed by atoms with Crippen LogP contribution >= 0.6 is 0 Å². The van der Waals surface area contributed by atoms with Crippen LogP contribution in [0.2, 0.25) is 0 Å². The van der Waals surface area contributed by atoms with E-state index in [0.29, 0.717) is 33.7 Å². The van der Waals surface area contributed by atoms with Crippen LogP contribution in [-0.2, 0) is 21.2 Å². The van der Waals surface area contributed by atoms with Crippen molar-refractivity contribution in [2.45, 2.75) is 57.8 Å². The Labute approximate surface area is 206 Å². The minimum Gasteiger partial charge on any atom is -0.481 e. The van der Waals surface area contributed by atoms with Gasteiger partial charge in [0.1, 0.15) is 5.82 Å². The highest BCUT2D eigenvalue weighted by Crippen LogP contribution is 2.33. The number of ether oxygens (including phenoxy) is 1. The monoisotopic (exact) mass is 498 g/mol. The third-order valence-corrected chi connectivity index (χ3v) is 7.40. The Bertz CT molecular complexity index is 1350. The van der Waals surface area contributed by atoms with Gasteiger partial charge < -0.3 is 4.74 Å². The Balaban J connectivity index is 2.02. The molecule has 0 saturated carbocycles. The van der Waals surface area contributed by atoms with Crippen molar-refractivity contribution in [3.05, 3.63) is 76.7 Å². The quantitative estimate of drug-likeness (QED) is 0.443. The number of carbonyl (C=O) groups excluding carboxylic acids is 1. The average Bonchev–Trinajstić information content (AvgIpc) is 2.79. The molecule has 1 amide bonds. The van der Waals surface area contributed by atoms with E-state index >= 15 is 0 Å². The molecule has 2 aromatic carbocycles. The summed E-state index contributed by atoms with van der Waals surface area (Å²) in [4.78, 5) is 17.2. The van der Waals surface area contributed by atoms with Gasteiger partial charge in [0, 0.05) is 12.3 Å². The van der Waals surface area contributed by atoms with Crippen LogP contribution < -0.4 is 9.46 Å². The number of carbonyl (C=O) groups is 1. The van der Waals surface area contributed by atoms with Gasteiger partial charge in [0.15, 0.2) is 0 Å². The number of halogens is 1. The SMILES string of the molecule is COc1cc(-c2cc(F)cc(C(C)C)c2CC(=O)NS(=O)(=O)c2cc(C(C)C)ccc2C)ccn1. The van der Waals surface area contributed by atoms with Gasteiger partial charge in [-0.1, -0.05) is 39.8 Å². The van der Waals surface area contributed by atoms with Gasteiger partial charge in [-0.05, 0) is 76.4 Å². The fourth-order valence-corrected chi connectivity index (χ4v) is 5.25. The van der Waals surface area contributed by atoms with Gasteiger partial charge >= 0.3 is 0 Å². The highest BCUT2D eigenvalue weighted by Gasteiger charge is 2.24. The summed E-state index contributed by atoms with van der Waals surface area (Å²) in [5.41, 5.74) is 3.68. The topological polar surface area (TPSA) is 85.4 Å². The van der Waals surface area contributed by atoms with Gasteiger partial charge in [0.05, 0.1) is 18.4 Å². The molecule has 0 fully saturated rings. The lowest BCUT2D eigenvalue weighted by Gasteiger charge is -2.19. The zero-order valence-electron chi connectivity index (χ0n) is 20.8. The zero-order chi connectivity index (χ0) is 25.9. The van der Waals surface area contributed by atoms with Crippen molar-refractivity contribution in [3.8, 4) is 17.0 Å². The van der Waals surface area contributed by atoms with Gasteiger partial charge in [0.25, 0.3) is 10.0 Å². The normalized spacial score (nSPS) is 11.7. The second-order valence-electron chi connectivity index (χ2n) is 9.15. The van der Waals surface area contributed by atoms with Gasteiger partial charge in [0.2, 0.25) is 11.8 Å². The Morgan fingerprint density at radius 3 is 2.40 bits per heavy atom. The molecular formula is C27H31FN2O4S. The third-order valence-electron chi connectivity index (χ3n) is 5.88. The predicted octanol–water partition coefficient (Wildman–Crippen LogP) is 5.50. The maximum atomic E-state index is 14.6. The van der Waals surface area contributed by atoms with Crippen molar-refractivity contribution < 1.29 is 22.3 Å². The average molecular weight is 499 g/mol. The van der Waals surface area contributed by atoms with E-state index in [9.17, 15) is 17.6 Å². The molecule has 8 heteroatoms. The van der Waals surface area contributed by atoms with Crippen molar-refractivity contribution in [1.82, 2.24) is 9.71 Å². The lowest BCUT2D eigenvalue weighted by Crippen LogP contribution is -2.32. The van der Waals surface area contributed by atoms with Gasteiger partial charge in [-0.2, -0.15) is 0 Å². The molecule has 1 aromatic heterocycles. The predicted molar refractivity (Wildman–Crippen MR) is 135 cm³/mol. The van der Waals surface area contributed by atoms with Gasteiger partial charge in [-0.25, -0.2) is 22.5 Å². The number of pyridine rings is 1. The first kappa shape index (κ1) is 26.3. The van der Waals surface area contributed by atoms with E-state index in [0.717, 1.165) is 5.56 Å². The summed E-state index contributed by atoms with van der Waals surface area (Å²) in [7, 11) is -2.62. The second kappa shape index (κ2) is 10.6. The van der Waals surface area contributed by atoms with Crippen LogP contribution in [-0.4, -0.2) is 26.4 Å². The number of aromatic nitrogens is 1. The molecule has 0 atom stereocenters. The van der Waals surface area contributed by atoms with Crippen molar-refractivity contribution in [3.63, 3.8) is 0 Å². The molecule has 0 radical (unpaired) electrons. The molecule has 1 heterocycles. The molecule has 6 nitrogen and oxygen atoms in total.